The summed E-state index contributed by atoms with van der Waals surface area (Å²) in [5.74, 6) is 1.26. The molecule has 1 aromatic rings. The predicted molar refractivity (Wildman–Crippen MR) is 88.8 cm³/mol. The molecule has 2 N–H and O–H groups in total. The van der Waals surface area contributed by atoms with E-state index in [0.717, 1.165) is 38.3 Å². The van der Waals surface area contributed by atoms with E-state index in [4.69, 9.17) is 5.73 Å². The molecule has 1 fully saturated rings. The number of anilines is 1. The van der Waals surface area contributed by atoms with E-state index >= 15 is 0 Å². The molecule has 0 aromatic carbocycles. The normalized spacial score (nSPS) is 19.1. The van der Waals surface area contributed by atoms with Gasteiger partial charge in [-0.25, -0.2) is 0 Å². The van der Waals surface area contributed by atoms with Crippen molar-refractivity contribution in [2.45, 2.75) is 52.6 Å². The molecule has 0 spiro atoms. The Balaban J connectivity index is 2.17. The van der Waals surface area contributed by atoms with Crippen LogP contribution in [0.1, 0.15) is 39.0 Å². The molecular formula is C16H31N5. The fraction of sp³-hybridized carbons (Fsp3) is 0.812. The summed E-state index contributed by atoms with van der Waals surface area (Å²) in [6.07, 6.45) is 0.897. The minimum atomic E-state index is 0.169. The Labute approximate surface area is 129 Å². The Morgan fingerprint density at radius 1 is 1.19 bits per heavy atom. The molecule has 5 heteroatoms. The van der Waals surface area contributed by atoms with E-state index < -0.39 is 0 Å². The van der Waals surface area contributed by atoms with Crippen LogP contribution in [-0.2, 0) is 13.5 Å². The van der Waals surface area contributed by atoms with Gasteiger partial charge in [0.2, 0.25) is 0 Å². The van der Waals surface area contributed by atoms with Gasteiger partial charge in [0, 0.05) is 50.4 Å². The summed E-state index contributed by atoms with van der Waals surface area (Å²) in [6.45, 7) is 15.3. The summed E-state index contributed by atoms with van der Waals surface area (Å²) in [5, 5.41) is 4.61. The summed E-state index contributed by atoms with van der Waals surface area (Å²) < 4.78 is 2.03. The first-order valence-electron chi connectivity index (χ1n) is 7.98. The zero-order valence-electron chi connectivity index (χ0n) is 14.5. The van der Waals surface area contributed by atoms with Gasteiger partial charge in [-0.15, -0.1) is 0 Å². The van der Waals surface area contributed by atoms with E-state index in [1.54, 1.807) is 0 Å². The van der Waals surface area contributed by atoms with Gasteiger partial charge in [0.05, 0.1) is 5.69 Å². The maximum Gasteiger partial charge on any atom is 0.130 e. The van der Waals surface area contributed by atoms with Crippen molar-refractivity contribution in [3.8, 4) is 0 Å². The van der Waals surface area contributed by atoms with Gasteiger partial charge >= 0.3 is 0 Å². The third-order valence-electron chi connectivity index (χ3n) is 4.37. The molecule has 0 aliphatic carbocycles. The van der Waals surface area contributed by atoms with E-state index in [0.29, 0.717) is 0 Å². The highest BCUT2D eigenvalue weighted by Crippen LogP contribution is 2.26. The van der Waals surface area contributed by atoms with Gasteiger partial charge in [0.1, 0.15) is 5.82 Å². The molecule has 1 aliphatic heterocycles. The summed E-state index contributed by atoms with van der Waals surface area (Å²) in [7, 11) is 2.04. The Bertz CT molecular complexity index is 476. The van der Waals surface area contributed by atoms with Crippen molar-refractivity contribution in [1.29, 1.82) is 0 Å². The molecule has 21 heavy (non-hydrogen) atoms. The molecule has 0 amide bonds. The van der Waals surface area contributed by atoms with Crippen LogP contribution in [0.3, 0.4) is 0 Å². The molecular weight excluding hydrogens is 262 g/mol. The average Bonchev–Trinajstić information content (AvgIpc) is 2.63. The van der Waals surface area contributed by atoms with Crippen molar-refractivity contribution in [2.24, 2.45) is 12.8 Å². The molecule has 2 rings (SSSR count). The molecule has 5 nitrogen and oxygen atoms in total. The molecule has 2 heterocycles. The van der Waals surface area contributed by atoms with E-state index in [9.17, 15) is 0 Å². The first-order chi connectivity index (χ1) is 9.70. The lowest BCUT2D eigenvalue weighted by molar-refractivity contribution is 0.128. The molecule has 1 aromatic heterocycles. The lowest BCUT2D eigenvalue weighted by Crippen LogP contribution is -2.54. The van der Waals surface area contributed by atoms with E-state index in [2.05, 4.69) is 49.5 Å². The smallest absolute Gasteiger partial charge is 0.130 e. The lowest BCUT2D eigenvalue weighted by atomic mass is 10.0. The Kier molecular flexibility index (Phi) is 4.63. The van der Waals surface area contributed by atoms with Crippen LogP contribution in [0, 0.1) is 6.92 Å². The number of nitrogens with zero attached hydrogens (tertiary/aromatic N) is 4. The first-order valence-corrected chi connectivity index (χ1v) is 7.98. The van der Waals surface area contributed by atoms with Crippen LogP contribution < -0.4 is 10.6 Å². The SMILES string of the molecule is Cc1nn(C)c(N2CCN(C(C)(C)C)CC2)c1CC(C)N. The molecule has 1 unspecified atom stereocenters. The summed E-state index contributed by atoms with van der Waals surface area (Å²) in [6, 6.07) is 0.169. The molecule has 120 valence electrons. The summed E-state index contributed by atoms with van der Waals surface area (Å²) >= 11 is 0. The number of rotatable bonds is 3. The molecule has 1 aliphatic rings. The number of aromatic nitrogens is 2. The van der Waals surface area contributed by atoms with Crippen molar-refractivity contribution in [3.63, 3.8) is 0 Å². The van der Waals surface area contributed by atoms with Crippen molar-refractivity contribution >= 4 is 5.82 Å². The van der Waals surface area contributed by atoms with Crippen molar-refractivity contribution in [1.82, 2.24) is 14.7 Å². The van der Waals surface area contributed by atoms with Gasteiger partial charge in [-0.05, 0) is 41.0 Å². The largest absolute Gasteiger partial charge is 0.354 e. The summed E-state index contributed by atoms with van der Waals surface area (Å²) in [5.41, 5.74) is 8.70. The van der Waals surface area contributed by atoms with Gasteiger partial charge < -0.3 is 10.6 Å². The lowest BCUT2D eigenvalue weighted by Gasteiger charge is -2.43. The highest BCUT2D eigenvalue weighted by Gasteiger charge is 2.28. The quantitative estimate of drug-likeness (QED) is 0.918. The molecule has 1 saturated heterocycles. The second-order valence-corrected chi connectivity index (χ2v) is 7.34. The van der Waals surface area contributed by atoms with E-state index in [1.807, 2.05) is 11.7 Å². The number of hydrogen-bond donors (Lipinski definition) is 1. The van der Waals surface area contributed by atoms with Crippen LogP contribution in [0.25, 0.3) is 0 Å². The second kappa shape index (κ2) is 5.97. The molecule has 1 atom stereocenters. The predicted octanol–water partition coefficient (Wildman–Crippen LogP) is 1.54. The maximum absolute atomic E-state index is 6.02. The standard InChI is InChI=1S/C16H31N5/c1-12(17)11-14-13(2)18-19(6)15(14)20-7-9-21(10-8-20)16(3,4)5/h12H,7-11,17H2,1-6H3. The highest BCUT2D eigenvalue weighted by atomic mass is 15.4. The van der Waals surface area contributed by atoms with Crippen molar-refractivity contribution in [3.05, 3.63) is 11.3 Å². The highest BCUT2D eigenvalue weighted by molar-refractivity contribution is 5.51. The fourth-order valence-electron chi connectivity index (χ4n) is 3.24. The third-order valence-corrected chi connectivity index (χ3v) is 4.37. The minimum Gasteiger partial charge on any atom is -0.354 e. The number of hydrogen-bond acceptors (Lipinski definition) is 4. The maximum atomic E-state index is 6.02. The fourth-order valence-corrected chi connectivity index (χ4v) is 3.24. The first kappa shape index (κ1) is 16.3. The number of piperazine rings is 1. The van der Waals surface area contributed by atoms with Crippen LogP contribution in [0.2, 0.25) is 0 Å². The second-order valence-electron chi connectivity index (χ2n) is 7.34. The Morgan fingerprint density at radius 2 is 1.76 bits per heavy atom. The third kappa shape index (κ3) is 3.58. The van der Waals surface area contributed by atoms with E-state index in [1.165, 1.54) is 11.4 Å². The van der Waals surface area contributed by atoms with Crippen molar-refractivity contribution in [2.75, 3.05) is 31.1 Å². The van der Waals surface area contributed by atoms with Gasteiger partial charge in [-0.2, -0.15) is 5.10 Å². The zero-order chi connectivity index (χ0) is 15.8. The van der Waals surface area contributed by atoms with Gasteiger partial charge in [-0.3, -0.25) is 9.58 Å². The minimum absolute atomic E-state index is 0.169. The van der Waals surface area contributed by atoms with Crippen molar-refractivity contribution < 1.29 is 0 Å². The average molecular weight is 293 g/mol. The van der Waals surface area contributed by atoms with Gasteiger partial charge in [0.15, 0.2) is 0 Å². The van der Waals surface area contributed by atoms with Crippen LogP contribution in [0.15, 0.2) is 0 Å². The molecule has 0 radical (unpaired) electrons. The number of aryl methyl sites for hydroxylation is 2. The molecule has 0 bridgehead atoms. The van der Waals surface area contributed by atoms with Crippen LogP contribution in [0.5, 0.6) is 0 Å². The van der Waals surface area contributed by atoms with Crippen LogP contribution in [-0.4, -0.2) is 52.4 Å². The monoisotopic (exact) mass is 293 g/mol. The van der Waals surface area contributed by atoms with E-state index in [-0.39, 0.29) is 11.6 Å². The van der Waals surface area contributed by atoms with Crippen LogP contribution in [0.4, 0.5) is 5.82 Å². The topological polar surface area (TPSA) is 50.3 Å². The van der Waals surface area contributed by atoms with Crippen LogP contribution >= 0.6 is 0 Å². The molecule has 0 saturated carbocycles. The zero-order valence-corrected chi connectivity index (χ0v) is 14.5. The summed E-state index contributed by atoms with van der Waals surface area (Å²) in [4.78, 5) is 5.03. The Hall–Kier alpha value is -1.07. The van der Waals surface area contributed by atoms with Gasteiger partial charge in [0.25, 0.3) is 0 Å². The number of nitrogens with two attached hydrogens (primary N) is 1. The van der Waals surface area contributed by atoms with Gasteiger partial charge in [-0.1, -0.05) is 0 Å². The Morgan fingerprint density at radius 3 is 2.24 bits per heavy atom.